The zero-order valence-corrected chi connectivity index (χ0v) is 24.0. The Bertz CT molecular complexity index is 772. The van der Waals surface area contributed by atoms with Gasteiger partial charge in [0.2, 0.25) is 19.1 Å². The molecule has 6 nitrogen and oxygen atoms in total. The van der Waals surface area contributed by atoms with Crippen LogP contribution in [0.3, 0.4) is 0 Å². The van der Waals surface area contributed by atoms with E-state index in [4.69, 9.17) is 16.4 Å². The second-order valence-corrected chi connectivity index (χ2v) is 14.5. The maximum atomic E-state index is 11.5. The lowest BCUT2D eigenvalue weighted by Gasteiger charge is -2.16. The molecule has 0 saturated heterocycles. The van der Waals surface area contributed by atoms with E-state index < -0.39 is 24.3 Å². The first-order chi connectivity index (χ1) is 13.7. The van der Waals surface area contributed by atoms with Crippen molar-refractivity contribution in [2.24, 2.45) is 17.6 Å². The van der Waals surface area contributed by atoms with Crippen molar-refractivity contribution in [1.82, 2.24) is 4.72 Å². The van der Waals surface area contributed by atoms with E-state index in [0.29, 0.717) is 24.9 Å². The topological polar surface area (TPSA) is 106 Å². The molecule has 0 aromatic rings. The van der Waals surface area contributed by atoms with Crippen molar-refractivity contribution in [1.29, 1.82) is 0 Å². The van der Waals surface area contributed by atoms with Crippen molar-refractivity contribution in [3.05, 3.63) is 22.3 Å². The minimum Gasteiger partial charge on any atom is -0.327 e. The lowest BCUT2D eigenvalue weighted by Crippen LogP contribution is -2.33. The lowest BCUT2D eigenvalue weighted by molar-refractivity contribution is 0.572. The third kappa shape index (κ3) is 17.8. The molecule has 0 spiro atoms. The third-order valence-electron chi connectivity index (χ3n) is 4.55. The van der Waals surface area contributed by atoms with E-state index in [1.807, 2.05) is 13.8 Å². The zero-order chi connectivity index (χ0) is 25.7. The standard InChI is InChI=1S/C11H23NO2S.C8H17N.C3H7ClO2S/c1-8(2)11(9(3)4)7-12-15(13,14)10(5)6;1-6(2)8(5-9)7(3)4;1-3(2)7(4,5)6/h8,10,12H,7H2,1-6H3;6H,5,9H2,1-4H3;3H,1-2H3. The molecule has 31 heavy (non-hydrogen) atoms. The van der Waals surface area contributed by atoms with Crippen LogP contribution in [0.5, 0.6) is 0 Å². The summed E-state index contributed by atoms with van der Waals surface area (Å²) in [6.07, 6.45) is 0. The maximum Gasteiger partial charge on any atom is 0.234 e. The Labute approximate surface area is 197 Å². The summed E-state index contributed by atoms with van der Waals surface area (Å²) in [4.78, 5) is 0. The van der Waals surface area contributed by atoms with Gasteiger partial charge < -0.3 is 5.73 Å². The minimum absolute atomic E-state index is 0.372. The summed E-state index contributed by atoms with van der Waals surface area (Å²) < 4.78 is 45.9. The van der Waals surface area contributed by atoms with Crippen LogP contribution in [0.25, 0.3) is 0 Å². The summed E-state index contributed by atoms with van der Waals surface area (Å²) in [5.41, 5.74) is 10.6. The molecule has 0 amide bonds. The predicted octanol–water partition coefficient (Wildman–Crippen LogP) is 5.21. The summed E-state index contributed by atoms with van der Waals surface area (Å²) >= 11 is 0. The highest BCUT2D eigenvalue weighted by atomic mass is 35.7. The van der Waals surface area contributed by atoms with Crippen molar-refractivity contribution in [3.8, 4) is 0 Å². The second-order valence-electron chi connectivity index (χ2n) is 9.00. The normalized spacial score (nSPS) is 11.7. The predicted molar refractivity (Wildman–Crippen MR) is 137 cm³/mol. The van der Waals surface area contributed by atoms with Crippen LogP contribution in [0.1, 0.15) is 83.1 Å². The summed E-state index contributed by atoms with van der Waals surface area (Å²) in [6, 6.07) is 0. The number of allylic oxidation sites excluding steroid dienone is 2. The van der Waals surface area contributed by atoms with Gasteiger partial charge in [-0.05, 0) is 67.2 Å². The molecule has 0 unspecified atom stereocenters. The molecule has 0 aliphatic carbocycles. The van der Waals surface area contributed by atoms with Gasteiger partial charge in [0.05, 0.1) is 10.5 Å². The van der Waals surface area contributed by atoms with E-state index in [1.54, 1.807) is 13.8 Å². The fourth-order valence-corrected chi connectivity index (χ4v) is 3.01. The Kier molecular flexibility index (Phi) is 18.4. The molecule has 0 fully saturated rings. The van der Waals surface area contributed by atoms with Gasteiger partial charge in [0.25, 0.3) is 0 Å². The van der Waals surface area contributed by atoms with Gasteiger partial charge in [0.15, 0.2) is 0 Å². The van der Waals surface area contributed by atoms with Crippen LogP contribution in [-0.4, -0.2) is 40.4 Å². The minimum atomic E-state index is -3.27. The Balaban J connectivity index is -0.000000417. The van der Waals surface area contributed by atoms with Crippen LogP contribution < -0.4 is 10.5 Å². The molecule has 3 N–H and O–H groups in total. The van der Waals surface area contributed by atoms with Gasteiger partial charge in [-0.15, -0.1) is 0 Å². The van der Waals surface area contributed by atoms with E-state index in [2.05, 4.69) is 46.3 Å². The fraction of sp³-hybridized carbons (Fsp3) is 0.818. The van der Waals surface area contributed by atoms with Crippen molar-refractivity contribution >= 4 is 29.8 Å². The van der Waals surface area contributed by atoms with E-state index in [-0.39, 0.29) is 5.25 Å². The van der Waals surface area contributed by atoms with E-state index in [0.717, 1.165) is 0 Å². The molecular formula is C22H47ClN2O4S2. The number of halogens is 1. The highest BCUT2D eigenvalue weighted by Gasteiger charge is 2.16. The molecule has 0 aliphatic rings. The first-order valence-corrected chi connectivity index (χ1v) is 14.6. The van der Waals surface area contributed by atoms with Crippen LogP contribution in [0.15, 0.2) is 22.3 Å². The number of sulfonamides is 1. The first kappa shape index (κ1) is 35.2. The van der Waals surface area contributed by atoms with E-state index >= 15 is 0 Å². The van der Waals surface area contributed by atoms with Crippen LogP contribution >= 0.6 is 10.7 Å². The summed E-state index contributed by atoms with van der Waals surface area (Å²) in [5.74, 6) is 0.991. The highest BCUT2D eigenvalue weighted by molar-refractivity contribution is 8.14. The van der Waals surface area contributed by atoms with Gasteiger partial charge in [0, 0.05) is 23.8 Å². The highest BCUT2D eigenvalue weighted by Crippen LogP contribution is 2.14. The number of nitrogens with one attached hydrogen (secondary N) is 1. The van der Waals surface area contributed by atoms with Gasteiger partial charge in [0.1, 0.15) is 0 Å². The van der Waals surface area contributed by atoms with Crippen molar-refractivity contribution in [2.45, 2.75) is 93.6 Å². The van der Waals surface area contributed by atoms with Gasteiger partial charge in [-0.2, -0.15) is 0 Å². The van der Waals surface area contributed by atoms with Crippen LogP contribution in [0.2, 0.25) is 0 Å². The number of hydrogen-bond donors (Lipinski definition) is 2. The Morgan fingerprint density at radius 3 is 1.19 bits per heavy atom. The number of nitrogens with two attached hydrogens (primary N) is 1. The van der Waals surface area contributed by atoms with Gasteiger partial charge in [-0.1, -0.05) is 50.0 Å². The van der Waals surface area contributed by atoms with Crippen LogP contribution in [0, 0.1) is 11.8 Å². The average molecular weight is 503 g/mol. The average Bonchev–Trinajstić information content (AvgIpc) is 2.54. The smallest absolute Gasteiger partial charge is 0.234 e. The maximum absolute atomic E-state index is 11.5. The Morgan fingerprint density at radius 2 is 1.06 bits per heavy atom. The largest absolute Gasteiger partial charge is 0.327 e. The number of rotatable bonds is 8. The molecule has 0 rings (SSSR count). The van der Waals surface area contributed by atoms with Crippen molar-refractivity contribution in [3.63, 3.8) is 0 Å². The van der Waals surface area contributed by atoms with E-state index in [9.17, 15) is 16.8 Å². The quantitative estimate of drug-likeness (QED) is 0.350. The molecule has 0 bridgehead atoms. The van der Waals surface area contributed by atoms with Gasteiger partial charge >= 0.3 is 0 Å². The van der Waals surface area contributed by atoms with Crippen LogP contribution in [-0.2, 0) is 19.1 Å². The van der Waals surface area contributed by atoms with Crippen molar-refractivity contribution in [2.75, 3.05) is 13.1 Å². The summed E-state index contributed by atoms with van der Waals surface area (Å²) in [5, 5.41) is -0.836. The van der Waals surface area contributed by atoms with Gasteiger partial charge in [-0.3, -0.25) is 0 Å². The number of hydrogen-bond acceptors (Lipinski definition) is 5. The second kappa shape index (κ2) is 16.2. The molecule has 0 saturated carbocycles. The van der Waals surface area contributed by atoms with Gasteiger partial charge in [-0.25, -0.2) is 21.6 Å². The molecule has 0 aromatic carbocycles. The first-order valence-electron chi connectivity index (χ1n) is 10.7. The molecule has 188 valence electrons. The molecule has 0 radical (unpaired) electrons. The monoisotopic (exact) mass is 502 g/mol. The molecule has 0 aliphatic heterocycles. The molecule has 0 atom stereocenters. The van der Waals surface area contributed by atoms with Crippen molar-refractivity contribution < 1.29 is 16.8 Å². The SMILES string of the molecule is CC(C)=C(CN)C(C)C.CC(C)=C(CNS(=O)(=O)C(C)C)C(C)C.CC(C)S(=O)(=O)Cl. The fourth-order valence-electron chi connectivity index (χ4n) is 2.32. The summed E-state index contributed by atoms with van der Waals surface area (Å²) in [6.45, 7) is 24.3. The molecule has 9 heteroatoms. The Hall–Kier alpha value is -0.410. The molecule has 0 heterocycles. The zero-order valence-electron chi connectivity index (χ0n) is 21.6. The lowest BCUT2D eigenvalue weighted by atomic mass is 9.99. The molecule has 0 aromatic heterocycles. The Morgan fingerprint density at radius 1 is 0.742 bits per heavy atom. The van der Waals surface area contributed by atoms with E-state index in [1.165, 1.54) is 36.1 Å². The third-order valence-corrected chi connectivity index (χ3v) is 8.53. The molecular weight excluding hydrogens is 456 g/mol. The van der Waals surface area contributed by atoms with Crippen LogP contribution in [0.4, 0.5) is 0 Å². The summed E-state index contributed by atoms with van der Waals surface area (Å²) in [7, 11) is -1.57.